The fourth-order valence-corrected chi connectivity index (χ4v) is 3.55. The van der Waals surface area contributed by atoms with Gasteiger partial charge in [0.15, 0.2) is 11.8 Å². The van der Waals surface area contributed by atoms with Crippen LogP contribution in [0.25, 0.3) is 11.4 Å². The average molecular weight is 468 g/mol. The zero-order valence-electron chi connectivity index (χ0n) is 18.6. The van der Waals surface area contributed by atoms with Crippen LogP contribution in [0.5, 0.6) is 0 Å². The molecule has 0 saturated heterocycles. The summed E-state index contributed by atoms with van der Waals surface area (Å²) in [5.41, 5.74) is 9.42. The molecule has 0 aliphatic heterocycles. The van der Waals surface area contributed by atoms with Gasteiger partial charge in [0.25, 0.3) is 0 Å². The summed E-state index contributed by atoms with van der Waals surface area (Å²) in [6.07, 6.45) is 6.65. The maximum absolute atomic E-state index is 13.2. The molecule has 0 unspecified atom stereocenters. The first-order valence-electron chi connectivity index (χ1n) is 10.9. The van der Waals surface area contributed by atoms with E-state index in [-0.39, 0.29) is 5.82 Å². The molecule has 5 rings (SSSR count). The number of anilines is 4. The number of halogens is 1. The maximum Gasteiger partial charge on any atom is 0.230 e. The normalized spacial score (nSPS) is 10.8. The lowest BCUT2D eigenvalue weighted by Gasteiger charge is -2.11. The van der Waals surface area contributed by atoms with E-state index in [0.29, 0.717) is 36.6 Å². The Labute approximate surface area is 201 Å². The molecule has 0 amide bonds. The molecule has 174 valence electrons. The van der Waals surface area contributed by atoms with E-state index in [1.54, 1.807) is 24.5 Å². The van der Waals surface area contributed by atoms with Crippen LogP contribution in [0.4, 0.5) is 27.8 Å². The van der Waals surface area contributed by atoms with E-state index in [1.165, 1.54) is 18.5 Å². The van der Waals surface area contributed by atoms with Crippen LogP contribution in [-0.2, 0) is 13.1 Å². The summed E-state index contributed by atoms with van der Waals surface area (Å²) >= 11 is 0. The molecule has 5 aromatic rings. The van der Waals surface area contributed by atoms with Gasteiger partial charge in [0.1, 0.15) is 18.0 Å². The quantitative estimate of drug-likeness (QED) is 0.310. The van der Waals surface area contributed by atoms with E-state index in [0.717, 1.165) is 22.4 Å². The highest BCUT2D eigenvalue weighted by Gasteiger charge is 2.11. The van der Waals surface area contributed by atoms with Crippen molar-refractivity contribution in [3.05, 3.63) is 103 Å². The largest absolute Gasteiger partial charge is 0.369 e. The van der Waals surface area contributed by atoms with Crippen molar-refractivity contribution < 1.29 is 4.39 Å². The summed E-state index contributed by atoms with van der Waals surface area (Å²) < 4.78 is 15.0. The van der Waals surface area contributed by atoms with Gasteiger partial charge in [0, 0.05) is 30.8 Å². The molecule has 0 spiro atoms. The lowest BCUT2D eigenvalue weighted by Crippen LogP contribution is -2.06. The summed E-state index contributed by atoms with van der Waals surface area (Å²) in [7, 11) is 0. The first-order valence-corrected chi connectivity index (χ1v) is 10.9. The van der Waals surface area contributed by atoms with Crippen molar-refractivity contribution in [1.82, 2.24) is 29.5 Å². The molecule has 0 radical (unpaired) electrons. The Morgan fingerprint density at radius 1 is 0.886 bits per heavy atom. The summed E-state index contributed by atoms with van der Waals surface area (Å²) in [6, 6.07) is 17.9. The number of pyridine rings is 1. The highest BCUT2D eigenvalue weighted by molar-refractivity contribution is 5.70. The minimum absolute atomic E-state index is 0.270. The summed E-state index contributed by atoms with van der Waals surface area (Å²) in [5, 5.41) is 6.51. The number of benzene rings is 2. The van der Waals surface area contributed by atoms with Crippen molar-refractivity contribution in [1.29, 1.82) is 0 Å². The van der Waals surface area contributed by atoms with Gasteiger partial charge < -0.3 is 20.9 Å². The predicted octanol–water partition coefficient (Wildman–Crippen LogP) is 4.26. The van der Waals surface area contributed by atoms with E-state index in [2.05, 4.69) is 35.6 Å². The zero-order chi connectivity index (χ0) is 24.0. The van der Waals surface area contributed by atoms with E-state index in [9.17, 15) is 4.39 Å². The molecule has 0 saturated carbocycles. The first kappa shape index (κ1) is 22.0. The molecule has 9 nitrogen and oxygen atoms in total. The molecule has 2 aromatic carbocycles. The minimum atomic E-state index is -0.270. The average Bonchev–Trinajstić information content (AvgIpc) is 3.28. The van der Waals surface area contributed by atoms with Crippen molar-refractivity contribution in [3.8, 4) is 11.4 Å². The number of nitrogens with two attached hydrogens (primary N) is 1. The van der Waals surface area contributed by atoms with E-state index < -0.39 is 0 Å². The van der Waals surface area contributed by atoms with Crippen molar-refractivity contribution in [2.24, 2.45) is 0 Å². The topological polar surface area (TPSA) is 119 Å². The monoisotopic (exact) mass is 467 g/mol. The molecule has 0 fully saturated rings. The second kappa shape index (κ2) is 9.96. The van der Waals surface area contributed by atoms with Crippen LogP contribution in [0, 0.1) is 5.82 Å². The molecule has 0 bridgehead atoms. The van der Waals surface area contributed by atoms with Crippen LogP contribution in [0.15, 0.2) is 85.6 Å². The van der Waals surface area contributed by atoms with Crippen LogP contribution >= 0.6 is 0 Å². The van der Waals surface area contributed by atoms with Gasteiger partial charge in [-0.25, -0.2) is 24.3 Å². The number of aromatic nitrogens is 6. The molecular formula is C25H22FN9. The molecule has 0 atom stereocenters. The van der Waals surface area contributed by atoms with E-state index in [4.69, 9.17) is 5.73 Å². The first-order chi connectivity index (χ1) is 17.1. The molecule has 3 aromatic heterocycles. The van der Waals surface area contributed by atoms with Gasteiger partial charge in [0.2, 0.25) is 5.95 Å². The lowest BCUT2D eigenvalue weighted by atomic mass is 10.2. The van der Waals surface area contributed by atoms with Gasteiger partial charge in [-0.3, -0.25) is 0 Å². The summed E-state index contributed by atoms with van der Waals surface area (Å²) in [5.74, 6) is 1.69. The Balaban J connectivity index is 1.33. The second-order valence-electron chi connectivity index (χ2n) is 7.75. The third-order valence-corrected chi connectivity index (χ3v) is 5.28. The van der Waals surface area contributed by atoms with Gasteiger partial charge in [-0.15, -0.1) is 0 Å². The predicted molar refractivity (Wildman–Crippen MR) is 132 cm³/mol. The fourth-order valence-electron chi connectivity index (χ4n) is 3.55. The van der Waals surface area contributed by atoms with Crippen molar-refractivity contribution in [3.63, 3.8) is 0 Å². The lowest BCUT2D eigenvalue weighted by molar-refractivity contribution is 0.627. The number of nitrogens with zero attached hydrogens (tertiary/aromatic N) is 6. The zero-order valence-corrected chi connectivity index (χ0v) is 18.6. The standard InChI is InChI=1S/C25H22FN9/c26-19-8-6-17(7-9-19)14-30-22-21(5-2-10-28-22)23-31-16-32-25(34-23)33-20-4-1-3-18(13-20)15-35-12-11-29-24(35)27/h1-13,16H,14-15H2,(H2,27,29)(H,28,30)(H,31,32,33,34). The molecule has 3 heterocycles. The SMILES string of the molecule is Nc1nccn1Cc1cccc(Nc2ncnc(-c3cccnc3NCc3ccc(F)cc3)n2)c1. The Morgan fingerprint density at radius 2 is 1.77 bits per heavy atom. The molecule has 35 heavy (non-hydrogen) atoms. The Kier molecular flexibility index (Phi) is 6.25. The molecular weight excluding hydrogens is 445 g/mol. The Bertz CT molecular complexity index is 1430. The number of nitrogens with one attached hydrogen (secondary N) is 2. The number of hydrogen-bond donors (Lipinski definition) is 3. The van der Waals surface area contributed by atoms with Crippen LogP contribution in [-0.4, -0.2) is 29.5 Å². The third kappa shape index (κ3) is 5.38. The van der Waals surface area contributed by atoms with Gasteiger partial charge in [-0.1, -0.05) is 24.3 Å². The molecule has 10 heteroatoms. The number of rotatable bonds is 8. The third-order valence-electron chi connectivity index (χ3n) is 5.28. The Morgan fingerprint density at radius 3 is 2.60 bits per heavy atom. The Hall–Kier alpha value is -4.86. The smallest absolute Gasteiger partial charge is 0.230 e. The van der Waals surface area contributed by atoms with E-state index in [1.807, 2.05) is 47.2 Å². The highest BCUT2D eigenvalue weighted by Crippen LogP contribution is 2.24. The van der Waals surface area contributed by atoms with Gasteiger partial charge in [0.05, 0.1) is 12.1 Å². The number of nitrogen functional groups attached to an aromatic ring is 1. The highest BCUT2D eigenvalue weighted by atomic mass is 19.1. The van der Waals surface area contributed by atoms with Crippen LogP contribution in [0.3, 0.4) is 0 Å². The van der Waals surface area contributed by atoms with Gasteiger partial charge >= 0.3 is 0 Å². The molecule has 0 aliphatic carbocycles. The summed E-state index contributed by atoms with van der Waals surface area (Å²) in [6.45, 7) is 1.08. The maximum atomic E-state index is 13.2. The van der Waals surface area contributed by atoms with Crippen LogP contribution < -0.4 is 16.4 Å². The van der Waals surface area contributed by atoms with Crippen molar-refractivity contribution >= 4 is 23.4 Å². The van der Waals surface area contributed by atoms with E-state index >= 15 is 0 Å². The number of imidazole rings is 1. The van der Waals surface area contributed by atoms with Gasteiger partial charge in [-0.05, 0) is 47.5 Å². The number of hydrogen-bond acceptors (Lipinski definition) is 8. The second-order valence-corrected chi connectivity index (χ2v) is 7.75. The van der Waals surface area contributed by atoms with Crippen molar-refractivity contribution in [2.75, 3.05) is 16.4 Å². The summed E-state index contributed by atoms with van der Waals surface area (Å²) in [4.78, 5) is 21.7. The minimum Gasteiger partial charge on any atom is -0.369 e. The van der Waals surface area contributed by atoms with Crippen LogP contribution in [0.1, 0.15) is 11.1 Å². The van der Waals surface area contributed by atoms with Gasteiger partial charge in [-0.2, -0.15) is 4.98 Å². The van der Waals surface area contributed by atoms with Crippen molar-refractivity contribution in [2.45, 2.75) is 13.1 Å². The molecule has 4 N–H and O–H groups in total. The fraction of sp³-hybridized carbons (Fsp3) is 0.0800. The van der Waals surface area contributed by atoms with Crippen LogP contribution in [0.2, 0.25) is 0 Å². The molecule has 0 aliphatic rings.